The molecule has 0 aliphatic carbocycles. The Morgan fingerprint density at radius 1 is 1.39 bits per heavy atom. The van der Waals surface area contributed by atoms with Gasteiger partial charge in [0, 0.05) is 51.5 Å². The van der Waals surface area contributed by atoms with Crippen LogP contribution < -0.4 is 5.32 Å². The van der Waals surface area contributed by atoms with Gasteiger partial charge in [0.1, 0.15) is 0 Å². The molecule has 0 amide bonds. The summed E-state index contributed by atoms with van der Waals surface area (Å²) in [5.41, 5.74) is 3.80. The first kappa shape index (κ1) is 17.1. The monoisotopic (exact) mass is 313 g/mol. The van der Waals surface area contributed by atoms with Gasteiger partial charge in [0.2, 0.25) is 0 Å². The fourth-order valence-corrected chi connectivity index (χ4v) is 2.51. The lowest BCUT2D eigenvalue weighted by atomic mass is 10.1. The molecule has 0 saturated carbocycles. The van der Waals surface area contributed by atoms with Crippen molar-refractivity contribution in [3.05, 3.63) is 53.6 Å². The van der Waals surface area contributed by atoms with E-state index in [0.29, 0.717) is 0 Å². The van der Waals surface area contributed by atoms with E-state index in [1.807, 2.05) is 12.4 Å². The van der Waals surface area contributed by atoms with Crippen LogP contribution in [0.4, 0.5) is 0 Å². The minimum absolute atomic E-state index is 0.769. The lowest BCUT2D eigenvalue weighted by Crippen LogP contribution is -2.39. The molecule has 2 aromatic heterocycles. The van der Waals surface area contributed by atoms with E-state index in [-0.39, 0.29) is 0 Å². The molecule has 0 bridgehead atoms. The molecule has 0 unspecified atom stereocenters. The third-order valence-electron chi connectivity index (χ3n) is 3.93. The highest BCUT2D eigenvalue weighted by molar-refractivity contribution is 5.79. The molecule has 23 heavy (non-hydrogen) atoms. The summed E-state index contributed by atoms with van der Waals surface area (Å²) >= 11 is 0. The Kier molecular flexibility index (Phi) is 6.20. The molecule has 2 aromatic rings. The van der Waals surface area contributed by atoms with Crippen LogP contribution in [-0.4, -0.2) is 40.5 Å². The number of nitrogens with zero attached hydrogens (tertiary/aromatic N) is 4. The lowest BCUT2D eigenvalue weighted by Gasteiger charge is -2.22. The highest BCUT2D eigenvalue weighted by Crippen LogP contribution is 2.07. The van der Waals surface area contributed by atoms with Gasteiger partial charge in [0.25, 0.3) is 0 Å². The largest absolute Gasteiger partial charge is 0.357 e. The molecule has 0 aromatic carbocycles. The summed E-state index contributed by atoms with van der Waals surface area (Å²) in [7, 11) is 4.14. The van der Waals surface area contributed by atoms with Crippen LogP contribution in [0.2, 0.25) is 0 Å². The standard InChI is InChI=1S/C18H27N5/c1-5-20-18(23(4)14-17-7-6-12-22(17)3)21-11-9-16-8-10-19-13-15(16)2/h6-8,10,12-13H,5,9,11,14H2,1-4H3,(H,20,21). The van der Waals surface area contributed by atoms with Gasteiger partial charge in [-0.1, -0.05) is 0 Å². The van der Waals surface area contributed by atoms with Crippen LogP contribution in [0.15, 0.2) is 41.8 Å². The Morgan fingerprint density at radius 2 is 2.22 bits per heavy atom. The van der Waals surface area contributed by atoms with E-state index in [1.165, 1.54) is 16.8 Å². The molecular formula is C18H27N5. The zero-order valence-electron chi connectivity index (χ0n) is 14.6. The Labute approximate surface area is 139 Å². The van der Waals surface area contributed by atoms with Crippen LogP contribution in [0, 0.1) is 6.92 Å². The van der Waals surface area contributed by atoms with E-state index in [2.05, 4.69) is 72.1 Å². The summed E-state index contributed by atoms with van der Waals surface area (Å²) in [5, 5.41) is 3.37. The first-order chi connectivity index (χ1) is 11.1. The fourth-order valence-electron chi connectivity index (χ4n) is 2.51. The Balaban J connectivity index is 1.99. The topological polar surface area (TPSA) is 45.5 Å². The van der Waals surface area contributed by atoms with Gasteiger partial charge < -0.3 is 14.8 Å². The zero-order chi connectivity index (χ0) is 16.7. The van der Waals surface area contributed by atoms with E-state index in [0.717, 1.165) is 32.0 Å². The van der Waals surface area contributed by atoms with Crippen LogP contribution in [0.25, 0.3) is 0 Å². The smallest absolute Gasteiger partial charge is 0.194 e. The number of rotatable bonds is 6. The fraction of sp³-hybridized carbons (Fsp3) is 0.444. The molecule has 0 aliphatic heterocycles. The second kappa shape index (κ2) is 8.36. The average molecular weight is 313 g/mol. The van der Waals surface area contributed by atoms with Crippen LogP contribution >= 0.6 is 0 Å². The van der Waals surface area contributed by atoms with E-state index in [1.54, 1.807) is 0 Å². The molecule has 5 nitrogen and oxygen atoms in total. The molecule has 0 saturated heterocycles. The normalized spacial score (nSPS) is 11.6. The molecule has 2 rings (SSSR count). The Bertz CT molecular complexity index is 644. The molecule has 2 heterocycles. The highest BCUT2D eigenvalue weighted by atomic mass is 15.3. The van der Waals surface area contributed by atoms with Crippen molar-refractivity contribution in [2.75, 3.05) is 20.1 Å². The average Bonchev–Trinajstić information content (AvgIpc) is 2.93. The molecule has 5 heteroatoms. The molecular weight excluding hydrogens is 286 g/mol. The third kappa shape index (κ3) is 4.84. The van der Waals surface area contributed by atoms with Crippen molar-refractivity contribution < 1.29 is 0 Å². The van der Waals surface area contributed by atoms with Gasteiger partial charge in [-0.05, 0) is 49.6 Å². The summed E-state index contributed by atoms with van der Waals surface area (Å²) in [6.07, 6.45) is 6.76. The molecule has 0 atom stereocenters. The molecule has 0 aliphatic rings. The lowest BCUT2D eigenvalue weighted by molar-refractivity contribution is 0.462. The molecule has 0 radical (unpaired) electrons. The number of hydrogen-bond acceptors (Lipinski definition) is 2. The summed E-state index contributed by atoms with van der Waals surface area (Å²) in [5.74, 6) is 0.945. The number of aryl methyl sites for hydroxylation is 2. The van der Waals surface area contributed by atoms with Gasteiger partial charge in [-0.15, -0.1) is 0 Å². The maximum absolute atomic E-state index is 4.76. The Hall–Kier alpha value is -2.30. The van der Waals surface area contributed by atoms with E-state index < -0.39 is 0 Å². The van der Waals surface area contributed by atoms with Crippen LogP contribution in [0.5, 0.6) is 0 Å². The molecule has 1 N–H and O–H groups in total. The summed E-state index contributed by atoms with van der Waals surface area (Å²) < 4.78 is 2.14. The van der Waals surface area contributed by atoms with Gasteiger partial charge in [-0.25, -0.2) is 0 Å². The number of hydrogen-bond donors (Lipinski definition) is 1. The number of nitrogens with one attached hydrogen (secondary N) is 1. The maximum Gasteiger partial charge on any atom is 0.194 e. The van der Waals surface area contributed by atoms with Crippen molar-refractivity contribution in [1.82, 2.24) is 19.8 Å². The predicted octanol–water partition coefficient (Wildman–Crippen LogP) is 2.37. The first-order valence-corrected chi connectivity index (χ1v) is 8.11. The minimum Gasteiger partial charge on any atom is -0.357 e. The van der Waals surface area contributed by atoms with Crippen molar-refractivity contribution in [2.24, 2.45) is 12.0 Å². The molecule has 0 fully saturated rings. The van der Waals surface area contributed by atoms with Crippen molar-refractivity contribution in [3.63, 3.8) is 0 Å². The summed E-state index contributed by atoms with van der Waals surface area (Å²) in [6.45, 7) is 6.66. The van der Waals surface area contributed by atoms with Crippen molar-refractivity contribution in [2.45, 2.75) is 26.8 Å². The SMILES string of the molecule is CCNC(=NCCc1ccncc1C)N(C)Cc1cccn1C. The number of aromatic nitrogens is 2. The van der Waals surface area contributed by atoms with E-state index >= 15 is 0 Å². The van der Waals surface area contributed by atoms with Gasteiger partial charge in [-0.3, -0.25) is 9.98 Å². The summed E-state index contributed by atoms with van der Waals surface area (Å²) in [4.78, 5) is 11.1. The number of guanidine groups is 1. The highest BCUT2D eigenvalue weighted by Gasteiger charge is 2.08. The second-order valence-corrected chi connectivity index (χ2v) is 5.75. The van der Waals surface area contributed by atoms with Gasteiger partial charge in [0.15, 0.2) is 5.96 Å². The van der Waals surface area contributed by atoms with Crippen molar-refractivity contribution in [3.8, 4) is 0 Å². The maximum atomic E-state index is 4.76. The number of pyridine rings is 1. The van der Waals surface area contributed by atoms with Crippen LogP contribution in [0.3, 0.4) is 0 Å². The predicted molar refractivity (Wildman–Crippen MR) is 95.5 cm³/mol. The quantitative estimate of drug-likeness (QED) is 0.658. The van der Waals surface area contributed by atoms with Gasteiger partial charge in [-0.2, -0.15) is 0 Å². The first-order valence-electron chi connectivity index (χ1n) is 8.11. The van der Waals surface area contributed by atoms with Crippen molar-refractivity contribution >= 4 is 5.96 Å². The van der Waals surface area contributed by atoms with Crippen LogP contribution in [-0.2, 0) is 20.0 Å². The number of aliphatic imine (C=N–C) groups is 1. The second-order valence-electron chi connectivity index (χ2n) is 5.75. The van der Waals surface area contributed by atoms with Gasteiger partial charge >= 0.3 is 0 Å². The van der Waals surface area contributed by atoms with E-state index in [9.17, 15) is 0 Å². The van der Waals surface area contributed by atoms with Gasteiger partial charge in [0.05, 0.1) is 6.54 Å². The third-order valence-corrected chi connectivity index (χ3v) is 3.93. The molecule has 124 valence electrons. The van der Waals surface area contributed by atoms with Crippen molar-refractivity contribution in [1.29, 1.82) is 0 Å². The minimum atomic E-state index is 0.769. The van der Waals surface area contributed by atoms with Crippen LogP contribution in [0.1, 0.15) is 23.7 Å². The molecule has 0 spiro atoms. The zero-order valence-corrected chi connectivity index (χ0v) is 14.6. The van der Waals surface area contributed by atoms with E-state index in [4.69, 9.17) is 4.99 Å². The Morgan fingerprint density at radius 3 is 2.87 bits per heavy atom. The summed E-state index contributed by atoms with van der Waals surface area (Å²) in [6, 6.07) is 6.28.